The number of para-hydroxylation sites is 1. The molecule has 0 unspecified atom stereocenters. The van der Waals surface area contributed by atoms with E-state index in [1.54, 1.807) is 66.7 Å². The summed E-state index contributed by atoms with van der Waals surface area (Å²) in [5, 5.41) is 8.81. The number of benzene rings is 4. The zero-order chi connectivity index (χ0) is 26.7. The molecule has 0 aromatic heterocycles. The highest BCUT2D eigenvalue weighted by Gasteiger charge is 2.15. The summed E-state index contributed by atoms with van der Waals surface area (Å²) in [6.45, 7) is 0. The first-order valence-corrected chi connectivity index (χ1v) is 13.1. The van der Waals surface area contributed by atoms with Crippen molar-refractivity contribution >= 4 is 58.5 Å². The van der Waals surface area contributed by atoms with Crippen LogP contribution in [-0.4, -0.2) is 23.5 Å². The average molecular weight is 542 g/mol. The predicted octanol–water partition coefficient (Wildman–Crippen LogP) is 6.48. The molecule has 0 spiro atoms. The van der Waals surface area contributed by atoms with Crippen molar-refractivity contribution in [1.29, 1.82) is 0 Å². The Hall–Kier alpha value is -4.33. The maximum absolute atomic E-state index is 13.1. The van der Waals surface area contributed by atoms with Crippen LogP contribution in [0.5, 0.6) is 0 Å². The third-order valence-corrected chi connectivity index (χ3v) is 6.61. The second-order valence-electron chi connectivity index (χ2n) is 8.08. The van der Waals surface area contributed by atoms with E-state index in [1.807, 2.05) is 48.5 Å². The van der Waals surface area contributed by atoms with Gasteiger partial charge in [-0.3, -0.25) is 14.4 Å². The van der Waals surface area contributed by atoms with E-state index in [0.717, 1.165) is 10.5 Å². The van der Waals surface area contributed by atoms with Crippen LogP contribution in [0.4, 0.5) is 11.4 Å². The van der Waals surface area contributed by atoms with Crippen LogP contribution in [-0.2, 0) is 9.59 Å². The molecular formula is C30H24ClN3O3S. The molecule has 4 aromatic rings. The quantitative estimate of drug-likeness (QED) is 0.167. The Kier molecular flexibility index (Phi) is 9.34. The van der Waals surface area contributed by atoms with Gasteiger partial charge in [0.25, 0.3) is 11.8 Å². The highest BCUT2D eigenvalue weighted by molar-refractivity contribution is 8.00. The predicted molar refractivity (Wildman–Crippen MR) is 154 cm³/mol. The van der Waals surface area contributed by atoms with E-state index >= 15 is 0 Å². The van der Waals surface area contributed by atoms with Crippen molar-refractivity contribution in [3.63, 3.8) is 0 Å². The maximum atomic E-state index is 13.1. The Morgan fingerprint density at radius 1 is 0.737 bits per heavy atom. The van der Waals surface area contributed by atoms with Gasteiger partial charge in [-0.15, -0.1) is 11.8 Å². The lowest BCUT2D eigenvalue weighted by atomic mass is 10.1. The van der Waals surface area contributed by atoms with E-state index in [0.29, 0.717) is 22.0 Å². The molecule has 0 aliphatic rings. The van der Waals surface area contributed by atoms with Gasteiger partial charge in [-0.25, -0.2) is 0 Å². The number of carbonyl (C=O) groups is 3. The molecule has 0 fully saturated rings. The van der Waals surface area contributed by atoms with Gasteiger partial charge in [-0.1, -0.05) is 72.3 Å². The number of hydrogen-bond acceptors (Lipinski definition) is 4. The highest BCUT2D eigenvalue weighted by atomic mass is 35.5. The zero-order valence-electron chi connectivity index (χ0n) is 20.2. The molecule has 0 radical (unpaired) electrons. The van der Waals surface area contributed by atoms with E-state index in [9.17, 15) is 14.4 Å². The smallest absolute Gasteiger partial charge is 0.272 e. The van der Waals surface area contributed by atoms with Crippen molar-refractivity contribution in [3.8, 4) is 0 Å². The van der Waals surface area contributed by atoms with E-state index in [2.05, 4.69) is 16.0 Å². The van der Waals surface area contributed by atoms with Gasteiger partial charge >= 0.3 is 0 Å². The van der Waals surface area contributed by atoms with Crippen LogP contribution in [0.25, 0.3) is 6.08 Å². The van der Waals surface area contributed by atoms with Crippen LogP contribution in [0.3, 0.4) is 0 Å². The largest absolute Gasteiger partial charge is 0.324 e. The molecule has 3 N–H and O–H groups in total. The summed E-state index contributed by atoms with van der Waals surface area (Å²) in [6.07, 6.45) is 1.62. The van der Waals surface area contributed by atoms with Gasteiger partial charge in [0.05, 0.1) is 16.5 Å². The van der Waals surface area contributed by atoms with Gasteiger partial charge in [-0.05, 0) is 60.2 Å². The topological polar surface area (TPSA) is 87.3 Å². The number of hydrogen-bond donors (Lipinski definition) is 3. The molecule has 0 bridgehead atoms. The van der Waals surface area contributed by atoms with Crippen molar-refractivity contribution in [2.75, 3.05) is 16.4 Å². The minimum Gasteiger partial charge on any atom is -0.324 e. The monoisotopic (exact) mass is 541 g/mol. The van der Waals surface area contributed by atoms with Gasteiger partial charge in [-0.2, -0.15) is 0 Å². The van der Waals surface area contributed by atoms with Crippen LogP contribution in [0, 0.1) is 0 Å². The molecule has 6 nitrogen and oxygen atoms in total. The van der Waals surface area contributed by atoms with Crippen LogP contribution in [0.15, 0.2) is 120 Å². The summed E-state index contributed by atoms with van der Waals surface area (Å²) in [6, 6.07) is 32.1. The molecule has 3 amide bonds. The molecule has 190 valence electrons. The Labute approximate surface area is 230 Å². The average Bonchev–Trinajstić information content (AvgIpc) is 2.94. The van der Waals surface area contributed by atoms with Crippen LogP contribution in [0.1, 0.15) is 15.9 Å². The van der Waals surface area contributed by atoms with E-state index in [4.69, 9.17) is 11.6 Å². The Morgan fingerprint density at radius 3 is 2.05 bits per heavy atom. The van der Waals surface area contributed by atoms with E-state index in [-0.39, 0.29) is 23.3 Å². The van der Waals surface area contributed by atoms with Gasteiger partial charge in [0, 0.05) is 16.1 Å². The first kappa shape index (κ1) is 26.7. The number of rotatable bonds is 9. The molecule has 0 atom stereocenters. The van der Waals surface area contributed by atoms with Gasteiger partial charge in [0.2, 0.25) is 5.91 Å². The van der Waals surface area contributed by atoms with Crippen LogP contribution < -0.4 is 16.0 Å². The summed E-state index contributed by atoms with van der Waals surface area (Å²) in [5.74, 6) is -0.820. The first-order valence-electron chi connectivity index (χ1n) is 11.7. The van der Waals surface area contributed by atoms with Gasteiger partial charge in [0.15, 0.2) is 0 Å². The summed E-state index contributed by atoms with van der Waals surface area (Å²) < 4.78 is 0. The van der Waals surface area contributed by atoms with Crippen molar-refractivity contribution in [2.24, 2.45) is 0 Å². The Balaban J connectivity index is 1.39. The molecule has 38 heavy (non-hydrogen) atoms. The van der Waals surface area contributed by atoms with Crippen molar-refractivity contribution in [3.05, 3.63) is 131 Å². The second-order valence-corrected chi connectivity index (χ2v) is 9.54. The normalized spacial score (nSPS) is 10.9. The fourth-order valence-electron chi connectivity index (χ4n) is 3.39. The Bertz CT molecular complexity index is 1440. The highest BCUT2D eigenvalue weighted by Crippen LogP contribution is 2.23. The summed E-state index contributed by atoms with van der Waals surface area (Å²) in [7, 11) is 0. The van der Waals surface area contributed by atoms with Crippen molar-refractivity contribution < 1.29 is 14.4 Å². The molecule has 0 aliphatic heterocycles. The number of anilines is 2. The molecule has 4 rings (SSSR count). The molecule has 0 aliphatic carbocycles. The number of nitrogens with one attached hydrogen (secondary N) is 3. The number of halogens is 1. The molecule has 8 heteroatoms. The molecular weight excluding hydrogens is 518 g/mol. The summed E-state index contributed by atoms with van der Waals surface area (Å²) >= 11 is 7.45. The summed E-state index contributed by atoms with van der Waals surface area (Å²) in [4.78, 5) is 39.0. The lowest BCUT2D eigenvalue weighted by molar-refractivity contribution is -0.114. The fraction of sp³-hybridized carbons (Fsp3) is 0.0333. The van der Waals surface area contributed by atoms with Crippen LogP contribution >= 0.6 is 23.4 Å². The molecule has 0 heterocycles. The molecule has 0 saturated carbocycles. The molecule has 4 aromatic carbocycles. The minimum absolute atomic E-state index is 0.111. The van der Waals surface area contributed by atoms with Gasteiger partial charge < -0.3 is 16.0 Å². The SMILES string of the molecule is O=C(CSc1ccc(NC(=O)/C(=C/c2ccccc2)NC(=O)c2ccccc2)cc1)Nc1ccccc1Cl. The lowest BCUT2D eigenvalue weighted by Gasteiger charge is -2.12. The maximum Gasteiger partial charge on any atom is 0.272 e. The standard InChI is InChI=1S/C30H24ClN3O3S/c31-25-13-7-8-14-26(25)33-28(35)20-38-24-17-15-23(16-18-24)32-30(37)27(19-21-9-3-1-4-10-21)34-29(36)22-11-5-2-6-12-22/h1-19H,20H2,(H,32,37)(H,33,35)(H,34,36)/b27-19-. The van der Waals surface area contributed by atoms with Crippen molar-refractivity contribution in [1.82, 2.24) is 5.32 Å². The third-order valence-electron chi connectivity index (χ3n) is 5.27. The third kappa shape index (κ3) is 7.83. The summed E-state index contributed by atoms with van der Waals surface area (Å²) in [5.41, 5.74) is 2.44. The van der Waals surface area contributed by atoms with Gasteiger partial charge in [0.1, 0.15) is 5.70 Å². The number of carbonyl (C=O) groups excluding carboxylic acids is 3. The number of amides is 3. The van der Waals surface area contributed by atoms with Crippen LogP contribution in [0.2, 0.25) is 5.02 Å². The molecule has 0 saturated heterocycles. The second kappa shape index (κ2) is 13.3. The first-order chi connectivity index (χ1) is 18.5. The van der Waals surface area contributed by atoms with E-state index < -0.39 is 5.91 Å². The lowest BCUT2D eigenvalue weighted by Crippen LogP contribution is -2.30. The fourth-order valence-corrected chi connectivity index (χ4v) is 4.27. The van der Waals surface area contributed by atoms with E-state index in [1.165, 1.54) is 11.8 Å². The zero-order valence-corrected chi connectivity index (χ0v) is 21.8. The minimum atomic E-state index is -0.461. The Morgan fingerprint density at radius 2 is 1.37 bits per heavy atom. The van der Waals surface area contributed by atoms with Crippen molar-refractivity contribution in [2.45, 2.75) is 4.90 Å². The number of thioether (sulfide) groups is 1.